The van der Waals surface area contributed by atoms with Crippen LogP contribution in [0.1, 0.15) is 33.1 Å². The minimum atomic E-state index is -0.759. The summed E-state index contributed by atoms with van der Waals surface area (Å²) in [6, 6.07) is 0.593. The molecule has 0 bridgehead atoms. The van der Waals surface area contributed by atoms with Gasteiger partial charge in [0.05, 0.1) is 0 Å². The number of hydrogen-bond acceptors (Lipinski definition) is 1. The molecule has 2 heteroatoms. The van der Waals surface area contributed by atoms with Crippen LogP contribution in [-0.2, 0) is 0 Å². The van der Waals surface area contributed by atoms with Crippen molar-refractivity contribution in [1.82, 2.24) is 4.90 Å². The van der Waals surface area contributed by atoms with Crippen LogP contribution >= 0.6 is 0 Å². The first-order valence-corrected chi connectivity index (χ1v) is 5.05. The van der Waals surface area contributed by atoms with Gasteiger partial charge in [-0.2, -0.15) is 0 Å². The molecular formula is C10H18FN. The third-order valence-electron chi connectivity index (χ3n) is 3.64. The minimum Gasteiger partial charge on any atom is -0.300 e. The maximum absolute atomic E-state index is 13.8. The molecule has 1 heterocycles. The molecule has 0 aromatic rings. The van der Waals surface area contributed by atoms with E-state index in [1.54, 1.807) is 0 Å². The zero-order chi connectivity index (χ0) is 8.77. The highest BCUT2D eigenvalue weighted by Gasteiger charge is 2.50. The number of hydrogen-bond donors (Lipinski definition) is 0. The summed E-state index contributed by atoms with van der Waals surface area (Å²) >= 11 is 0. The zero-order valence-corrected chi connectivity index (χ0v) is 8.02. The Bertz CT molecular complexity index is 181. The van der Waals surface area contributed by atoms with Gasteiger partial charge in [-0.25, -0.2) is 4.39 Å². The molecule has 70 valence electrons. The van der Waals surface area contributed by atoms with E-state index in [0.717, 1.165) is 32.4 Å². The lowest BCUT2D eigenvalue weighted by Gasteiger charge is -2.51. The summed E-state index contributed by atoms with van der Waals surface area (Å²) in [4.78, 5) is 2.40. The Morgan fingerprint density at radius 2 is 2.17 bits per heavy atom. The molecule has 1 nitrogen and oxygen atoms in total. The normalized spacial score (nSPS) is 42.5. The lowest BCUT2D eigenvalue weighted by molar-refractivity contribution is -0.0827. The van der Waals surface area contributed by atoms with Crippen molar-refractivity contribution < 1.29 is 4.39 Å². The molecule has 0 radical (unpaired) electrons. The van der Waals surface area contributed by atoms with Gasteiger partial charge in [-0.05, 0) is 33.1 Å². The van der Waals surface area contributed by atoms with E-state index in [1.807, 2.05) is 0 Å². The molecule has 1 aliphatic carbocycles. The van der Waals surface area contributed by atoms with Crippen LogP contribution < -0.4 is 0 Å². The maximum atomic E-state index is 13.8. The van der Waals surface area contributed by atoms with E-state index < -0.39 is 5.67 Å². The van der Waals surface area contributed by atoms with Gasteiger partial charge < -0.3 is 4.90 Å². The fraction of sp³-hybridized carbons (Fsp3) is 1.00. The van der Waals surface area contributed by atoms with Gasteiger partial charge in [0.2, 0.25) is 0 Å². The summed E-state index contributed by atoms with van der Waals surface area (Å²) in [6.45, 7) is 6.35. The molecule has 1 saturated heterocycles. The molecule has 2 fully saturated rings. The van der Waals surface area contributed by atoms with Gasteiger partial charge in [0.25, 0.3) is 0 Å². The first-order valence-electron chi connectivity index (χ1n) is 5.05. The molecule has 0 aromatic heterocycles. The number of halogens is 1. The summed E-state index contributed by atoms with van der Waals surface area (Å²) in [5, 5.41) is 0. The quantitative estimate of drug-likeness (QED) is 0.584. The largest absolute Gasteiger partial charge is 0.300 e. The third-order valence-corrected chi connectivity index (χ3v) is 3.64. The van der Waals surface area contributed by atoms with Crippen LogP contribution in [0.15, 0.2) is 0 Å². The Hall–Kier alpha value is -0.110. The molecule has 12 heavy (non-hydrogen) atoms. The van der Waals surface area contributed by atoms with Crippen molar-refractivity contribution in [3.63, 3.8) is 0 Å². The predicted molar refractivity (Wildman–Crippen MR) is 47.9 cm³/mol. The lowest BCUT2D eigenvalue weighted by atomic mass is 9.66. The van der Waals surface area contributed by atoms with Gasteiger partial charge in [0, 0.05) is 25.0 Å². The number of nitrogens with zero attached hydrogens (tertiary/aromatic N) is 1. The lowest BCUT2D eigenvalue weighted by Crippen LogP contribution is -2.56. The van der Waals surface area contributed by atoms with E-state index in [1.165, 1.54) is 0 Å². The fourth-order valence-corrected chi connectivity index (χ4v) is 2.42. The van der Waals surface area contributed by atoms with Gasteiger partial charge in [-0.3, -0.25) is 0 Å². The van der Waals surface area contributed by atoms with Crippen LogP contribution in [0.2, 0.25) is 0 Å². The Balaban J connectivity index is 1.96. The van der Waals surface area contributed by atoms with Crippen molar-refractivity contribution in [2.24, 2.45) is 5.92 Å². The Morgan fingerprint density at radius 3 is 2.58 bits per heavy atom. The second kappa shape index (κ2) is 2.69. The smallest absolute Gasteiger partial charge is 0.116 e. The first-order chi connectivity index (χ1) is 5.62. The Labute approximate surface area is 73.9 Å². The molecular weight excluding hydrogens is 153 g/mol. The van der Waals surface area contributed by atoms with Gasteiger partial charge in [0.15, 0.2) is 0 Å². The zero-order valence-electron chi connectivity index (χ0n) is 8.02. The highest BCUT2D eigenvalue weighted by molar-refractivity contribution is 5.01. The van der Waals surface area contributed by atoms with Crippen molar-refractivity contribution >= 4 is 0 Å². The molecule has 2 rings (SSSR count). The van der Waals surface area contributed by atoms with Crippen LogP contribution in [0.3, 0.4) is 0 Å². The average Bonchev–Trinajstić information content (AvgIpc) is 1.99. The van der Waals surface area contributed by atoms with Crippen molar-refractivity contribution in [3.05, 3.63) is 0 Å². The highest BCUT2D eigenvalue weighted by Crippen LogP contribution is 2.47. The second-order valence-corrected chi connectivity index (χ2v) is 4.61. The Kier molecular flexibility index (Phi) is 1.90. The fourth-order valence-electron chi connectivity index (χ4n) is 2.42. The first kappa shape index (κ1) is 8.49. The molecule has 0 amide bonds. The monoisotopic (exact) mass is 171 g/mol. The SMILES string of the molecule is CC(C)N1CCC2(F)CCC2C1. The van der Waals surface area contributed by atoms with Crippen LogP contribution in [-0.4, -0.2) is 29.7 Å². The summed E-state index contributed by atoms with van der Waals surface area (Å²) < 4.78 is 13.8. The van der Waals surface area contributed by atoms with Crippen molar-refractivity contribution in [2.75, 3.05) is 13.1 Å². The summed E-state index contributed by atoms with van der Waals surface area (Å²) in [5.41, 5.74) is -0.759. The molecule has 2 unspecified atom stereocenters. The number of piperidine rings is 1. The van der Waals surface area contributed by atoms with E-state index in [9.17, 15) is 4.39 Å². The Morgan fingerprint density at radius 1 is 1.42 bits per heavy atom. The van der Waals surface area contributed by atoms with E-state index in [-0.39, 0.29) is 0 Å². The maximum Gasteiger partial charge on any atom is 0.116 e. The van der Waals surface area contributed by atoms with Crippen LogP contribution in [0, 0.1) is 5.92 Å². The molecule has 0 spiro atoms. The number of fused-ring (bicyclic) bond motifs is 1. The topological polar surface area (TPSA) is 3.24 Å². The minimum absolute atomic E-state index is 0.355. The van der Waals surface area contributed by atoms with Gasteiger partial charge in [0.1, 0.15) is 5.67 Å². The van der Waals surface area contributed by atoms with E-state index >= 15 is 0 Å². The number of alkyl halides is 1. The van der Waals surface area contributed by atoms with Crippen molar-refractivity contribution in [3.8, 4) is 0 Å². The highest BCUT2D eigenvalue weighted by atomic mass is 19.1. The molecule has 2 aliphatic rings. The van der Waals surface area contributed by atoms with E-state index in [4.69, 9.17) is 0 Å². The van der Waals surface area contributed by atoms with Gasteiger partial charge in [-0.1, -0.05) is 0 Å². The molecule has 0 N–H and O–H groups in total. The van der Waals surface area contributed by atoms with Crippen LogP contribution in [0.25, 0.3) is 0 Å². The number of likely N-dealkylation sites (tertiary alicyclic amines) is 1. The molecule has 1 aliphatic heterocycles. The standard InChI is InChI=1S/C10H18FN/c1-8(2)12-6-5-10(11)4-3-9(10)7-12/h8-9H,3-7H2,1-2H3. The predicted octanol–water partition coefficient (Wildman–Crippen LogP) is 2.22. The molecule has 1 saturated carbocycles. The second-order valence-electron chi connectivity index (χ2n) is 4.61. The molecule has 0 aromatic carbocycles. The van der Waals surface area contributed by atoms with Crippen molar-refractivity contribution in [2.45, 2.75) is 44.8 Å². The third kappa shape index (κ3) is 1.17. The summed E-state index contributed by atoms with van der Waals surface area (Å²) in [6.07, 6.45) is 2.71. The van der Waals surface area contributed by atoms with Crippen LogP contribution in [0.5, 0.6) is 0 Å². The molecule has 2 atom stereocenters. The summed E-state index contributed by atoms with van der Waals surface area (Å²) in [5.74, 6) is 0.355. The van der Waals surface area contributed by atoms with Crippen molar-refractivity contribution in [1.29, 1.82) is 0 Å². The van der Waals surface area contributed by atoms with Gasteiger partial charge >= 0.3 is 0 Å². The number of rotatable bonds is 1. The van der Waals surface area contributed by atoms with E-state index in [2.05, 4.69) is 18.7 Å². The van der Waals surface area contributed by atoms with E-state index in [0.29, 0.717) is 12.0 Å². The van der Waals surface area contributed by atoms with Crippen LogP contribution in [0.4, 0.5) is 4.39 Å². The van der Waals surface area contributed by atoms with Gasteiger partial charge in [-0.15, -0.1) is 0 Å². The summed E-state index contributed by atoms with van der Waals surface area (Å²) in [7, 11) is 0. The average molecular weight is 171 g/mol.